The van der Waals surface area contributed by atoms with Crippen molar-refractivity contribution in [2.24, 2.45) is 0 Å². The van der Waals surface area contributed by atoms with Crippen LogP contribution in [0.2, 0.25) is 0 Å². The minimum absolute atomic E-state index is 0.286. The van der Waals surface area contributed by atoms with Crippen LogP contribution in [0.1, 0.15) is 0 Å². The lowest BCUT2D eigenvalue weighted by Crippen LogP contribution is -3.04. The number of aromatic nitrogens is 1. The number of rotatable bonds is 0. The SMILES string of the molecule is C[NH+]1C=c2[nH]c3cc(Br)c(O)cc3c2=CC1. The Morgan fingerprint density at radius 1 is 1.44 bits per heavy atom. The summed E-state index contributed by atoms with van der Waals surface area (Å²) < 4.78 is 0.722. The van der Waals surface area contributed by atoms with E-state index in [1.165, 1.54) is 10.1 Å². The molecule has 16 heavy (non-hydrogen) atoms. The first-order valence-electron chi connectivity index (χ1n) is 5.20. The van der Waals surface area contributed by atoms with Gasteiger partial charge in [-0.3, -0.25) is 0 Å². The summed E-state index contributed by atoms with van der Waals surface area (Å²) in [6.45, 7) is 0.983. The molecule has 1 atom stereocenters. The van der Waals surface area contributed by atoms with Gasteiger partial charge < -0.3 is 15.0 Å². The van der Waals surface area contributed by atoms with E-state index < -0.39 is 0 Å². The van der Waals surface area contributed by atoms with Crippen LogP contribution >= 0.6 is 15.9 Å². The molecule has 0 fully saturated rings. The molecule has 0 radical (unpaired) electrons. The summed E-state index contributed by atoms with van der Waals surface area (Å²) in [5.74, 6) is 0.286. The fraction of sp³-hybridized carbons (Fsp3) is 0.167. The zero-order valence-corrected chi connectivity index (χ0v) is 10.4. The molecule has 3 nitrogen and oxygen atoms in total. The van der Waals surface area contributed by atoms with Gasteiger partial charge in [-0.15, -0.1) is 0 Å². The molecule has 0 saturated carbocycles. The van der Waals surface area contributed by atoms with Crippen molar-refractivity contribution in [3.05, 3.63) is 27.2 Å². The fourth-order valence-corrected chi connectivity index (χ4v) is 2.49. The molecule has 0 amide bonds. The quantitative estimate of drug-likeness (QED) is 0.608. The van der Waals surface area contributed by atoms with E-state index in [1.807, 2.05) is 6.07 Å². The maximum atomic E-state index is 9.70. The maximum Gasteiger partial charge on any atom is 0.130 e. The van der Waals surface area contributed by atoms with E-state index in [1.54, 1.807) is 6.07 Å². The predicted molar refractivity (Wildman–Crippen MR) is 67.6 cm³/mol. The molecule has 1 aliphatic rings. The Labute approximate surface area is 101 Å². The summed E-state index contributed by atoms with van der Waals surface area (Å²) in [6.07, 6.45) is 4.37. The molecule has 3 N–H and O–H groups in total. The molecule has 4 heteroatoms. The van der Waals surface area contributed by atoms with Gasteiger partial charge in [0.2, 0.25) is 0 Å². The third-order valence-corrected chi connectivity index (χ3v) is 3.59. The Kier molecular flexibility index (Phi) is 2.09. The van der Waals surface area contributed by atoms with Crippen LogP contribution in [0.25, 0.3) is 23.2 Å². The van der Waals surface area contributed by atoms with Crippen LogP contribution in [-0.2, 0) is 0 Å². The molecule has 2 aromatic rings. The van der Waals surface area contributed by atoms with E-state index in [4.69, 9.17) is 0 Å². The molecular weight excluding hydrogens is 268 g/mol. The van der Waals surface area contributed by atoms with Gasteiger partial charge in [0.1, 0.15) is 23.8 Å². The molecule has 2 heterocycles. The zero-order valence-electron chi connectivity index (χ0n) is 8.84. The molecule has 0 aliphatic carbocycles. The first-order valence-corrected chi connectivity index (χ1v) is 5.99. The highest BCUT2D eigenvalue weighted by Gasteiger charge is 2.09. The van der Waals surface area contributed by atoms with Gasteiger partial charge in [-0.05, 0) is 34.1 Å². The molecule has 1 unspecified atom stereocenters. The van der Waals surface area contributed by atoms with Crippen molar-refractivity contribution < 1.29 is 10.0 Å². The number of fused-ring (bicyclic) bond motifs is 3. The topological polar surface area (TPSA) is 40.5 Å². The monoisotopic (exact) mass is 279 g/mol. The number of H-pyrrole nitrogens is 1. The van der Waals surface area contributed by atoms with E-state index >= 15 is 0 Å². The van der Waals surface area contributed by atoms with Crippen molar-refractivity contribution in [3.8, 4) is 5.75 Å². The number of aromatic amines is 1. The van der Waals surface area contributed by atoms with Crippen LogP contribution in [0.3, 0.4) is 0 Å². The van der Waals surface area contributed by atoms with Crippen LogP contribution in [0, 0.1) is 0 Å². The Bertz CT molecular complexity index is 687. The van der Waals surface area contributed by atoms with Crippen molar-refractivity contribution >= 4 is 39.1 Å². The number of nitrogens with one attached hydrogen (secondary N) is 2. The zero-order chi connectivity index (χ0) is 11.3. The first-order chi connectivity index (χ1) is 7.65. The highest BCUT2D eigenvalue weighted by Crippen LogP contribution is 2.26. The highest BCUT2D eigenvalue weighted by atomic mass is 79.9. The predicted octanol–water partition coefficient (Wildman–Crippen LogP) is -0.317. The smallest absolute Gasteiger partial charge is 0.130 e. The average Bonchev–Trinajstić information content (AvgIpc) is 2.55. The van der Waals surface area contributed by atoms with Crippen molar-refractivity contribution in [2.45, 2.75) is 0 Å². The Morgan fingerprint density at radius 2 is 2.25 bits per heavy atom. The summed E-state index contributed by atoms with van der Waals surface area (Å²) in [5, 5.41) is 13.1. The second-order valence-electron chi connectivity index (χ2n) is 4.20. The number of halogens is 1. The van der Waals surface area contributed by atoms with E-state index in [9.17, 15) is 5.11 Å². The number of hydrogen-bond donors (Lipinski definition) is 3. The first kappa shape index (κ1) is 9.93. The van der Waals surface area contributed by atoms with Crippen LogP contribution in [0.5, 0.6) is 5.75 Å². The van der Waals surface area contributed by atoms with Gasteiger partial charge in [-0.25, -0.2) is 0 Å². The van der Waals surface area contributed by atoms with E-state index in [-0.39, 0.29) is 5.75 Å². The number of aromatic hydroxyl groups is 1. The third kappa shape index (κ3) is 1.37. The largest absolute Gasteiger partial charge is 0.507 e. The molecule has 0 saturated heterocycles. The summed E-state index contributed by atoms with van der Waals surface area (Å²) in [4.78, 5) is 4.72. The second kappa shape index (κ2) is 3.37. The number of phenolic OH excluding ortho intramolecular Hbond substituents is 1. The van der Waals surface area contributed by atoms with E-state index in [0.717, 1.165) is 27.3 Å². The van der Waals surface area contributed by atoms with Gasteiger partial charge in [0.05, 0.1) is 11.5 Å². The van der Waals surface area contributed by atoms with Crippen LogP contribution in [-0.4, -0.2) is 23.7 Å². The van der Waals surface area contributed by atoms with Gasteiger partial charge in [0.15, 0.2) is 0 Å². The Morgan fingerprint density at radius 3 is 3.06 bits per heavy atom. The maximum absolute atomic E-state index is 9.70. The molecular formula is C12H12BrN2O+. The standard InChI is InChI=1S/C12H11BrN2O/c1-15-3-2-7-8-4-12(16)9(13)5-10(8)14-11(7)6-15/h2,4-6,14,16H,3H2,1H3/p+1. The Hall–Kier alpha value is -1.26. The van der Waals surface area contributed by atoms with Gasteiger partial charge in [0, 0.05) is 16.1 Å². The van der Waals surface area contributed by atoms with Crippen molar-refractivity contribution in [1.82, 2.24) is 4.98 Å². The van der Waals surface area contributed by atoms with E-state index in [0.29, 0.717) is 0 Å². The summed E-state index contributed by atoms with van der Waals surface area (Å²) in [6, 6.07) is 3.72. The number of hydrogen-bond acceptors (Lipinski definition) is 1. The number of quaternary nitrogens is 1. The van der Waals surface area contributed by atoms with Gasteiger partial charge in [-0.2, -0.15) is 0 Å². The number of phenols is 1. The molecule has 1 aromatic heterocycles. The second-order valence-corrected chi connectivity index (χ2v) is 5.05. The molecule has 0 spiro atoms. The lowest BCUT2D eigenvalue weighted by atomic mass is 10.2. The normalized spacial score (nSPS) is 19.0. The van der Waals surface area contributed by atoms with Crippen molar-refractivity contribution in [2.75, 3.05) is 13.6 Å². The fourth-order valence-electron chi connectivity index (χ4n) is 2.15. The molecule has 1 aromatic carbocycles. The van der Waals surface area contributed by atoms with Crippen LogP contribution in [0.15, 0.2) is 16.6 Å². The van der Waals surface area contributed by atoms with Crippen molar-refractivity contribution in [3.63, 3.8) is 0 Å². The van der Waals surface area contributed by atoms with Crippen LogP contribution < -0.4 is 15.5 Å². The van der Waals surface area contributed by atoms with Crippen LogP contribution in [0.4, 0.5) is 0 Å². The van der Waals surface area contributed by atoms with Gasteiger partial charge >= 0.3 is 0 Å². The van der Waals surface area contributed by atoms with Gasteiger partial charge in [0.25, 0.3) is 0 Å². The summed E-state index contributed by atoms with van der Waals surface area (Å²) in [7, 11) is 2.12. The lowest BCUT2D eigenvalue weighted by molar-refractivity contribution is -0.785. The summed E-state index contributed by atoms with van der Waals surface area (Å²) in [5.41, 5.74) is 1.05. The third-order valence-electron chi connectivity index (χ3n) is 2.96. The Balaban J connectivity index is 2.48. The lowest BCUT2D eigenvalue weighted by Gasteiger charge is -2.06. The molecule has 82 valence electrons. The van der Waals surface area contributed by atoms with E-state index in [2.05, 4.69) is 40.2 Å². The van der Waals surface area contributed by atoms with Gasteiger partial charge in [-0.1, -0.05) is 0 Å². The minimum atomic E-state index is 0.286. The number of benzene rings is 1. The molecule has 1 aliphatic heterocycles. The molecule has 0 bridgehead atoms. The molecule has 3 rings (SSSR count). The summed E-state index contributed by atoms with van der Waals surface area (Å²) >= 11 is 3.33. The minimum Gasteiger partial charge on any atom is -0.507 e. The average molecular weight is 280 g/mol. The van der Waals surface area contributed by atoms with Crippen molar-refractivity contribution in [1.29, 1.82) is 0 Å². The highest BCUT2D eigenvalue weighted by molar-refractivity contribution is 9.10.